The van der Waals surface area contributed by atoms with Crippen molar-refractivity contribution < 1.29 is 4.79 Å². The average Bonchev–Trinajstić information content (AvgIpc) is 2.95. The zero-order valence-corrected chi connectivity index (χ0v) is 14.0. The molecule has 2 unspecified atom stereocenters. The third-order valence-electron chi connectivity index (χ3n) is 4.44. The molecule has 4 nitrogen and oxygen atoms in total. The van der Waals surface area contributed by atoms with Gasteiger partial charge in [-0.25, -0.2) is 0 Å². The first kappa shape index (κ1) is 17.0. The highest BCUT2D eigenvalue weighted by molar-refractivity contribution is 5.81. The number of likely N-dealkylation sites (tertiary alicyclic amines) is 1. The Kier molecular flexibility index (Phi) is 5.98. The van der Waals surface area contributed by atoms with Crippen molar-refractivity contribution in [1.29, 1.82) is 0 Å². The van der Waals surface area contributed by atoms with Gasteiger partial charge in [0, 0.05) is 32.2 Å². The maximum atomic E-state index is 12.0. The van der Waals surface area contributed by atoms with Crippen molar-refractivity contribution in [2.75, 3.05) is 19.6 Å². The molecule has 0 saturated carbocycles. The van der Waals surface area contributed by atoms with Gasteiger partial charge in [0.05, 0.1) is 6.04 Å². The summed E-state index contributed by atoms with van der Waals surface area (Å²) in [6.07, 6.45) is 1.08. The third kappa shape index (κ3) is 4.55. The Balaban J connectivity index is 1.91. The monoisotopic (exact) mass is 303 g/mol. The number of carbonyl (C=O) groups is 1. The van der Waals surface area contributed by atoms with Gasteiger partial charge in [-0.3, -0.25) is 9.69 Å². The molecule has 0 aromatic heterocycles. The summed E-state index contributed by atoms with van der Waals surface area (Å²) in [4.78, 5) is 16.4. The van der Waals surface area contributed by atoms with Gasteiger partial charge in [-0.2, -0.15) is 0 Å². The van der Waals surface area contributed by atoms with Crippen molar-refractivity contribution in [3.8, 4) is 0 Å². The number of carbonyl (C=O) groups excluding carboxylic acids is 1. The molecule has 1 aromatic rings. The minimum Gasteiger partial charge on any atom is -0.341 e. The van der Waals surface area contributed by atoms with Crippen LogP contribution < -0.4 is 5.73 Å². The van der Waals surface area contributed by atoms with E-state index < -0.39 is 0 Å². The zero-order valence-electron chi connectivity index (χ0n) is 14.0. The Morgan fingerprint density at radius 3 is 2.59 bits per heavy atom. The van der Waals surface area contributed by atoms with Gasteiger partial charge in [0.25, 0.3) is 0 Å². The summed E-state index contributed by atoms with van der Waals surface area (Å²) in [6.45, 7) is 9.95. The largest absolute Gasteiger partial charge is 0.341 e. The molecule has 1 aliphatic heterocycles. The molecular formula is C18H29N3O. The van der Waals surface area contributed by atoms with Crippen LogP contribution in [0.25, 0.3) is 0 Å². The van der Waals surface area contributed by atoms with Gasteiger partial charge in [-0.15, -0.1) is 0 Å². The first-order valence-corrected chi connectivity index (χ1v) is 8.29. The Hall–Kier alpha value is -1.39. The number of rotatable bonds is 6. The Morgan fingerprint density at radius 1 is 1.32 bits per heavy atom. The predicted octanol–water partition coefficient (Wildman–Crippen LogP) is 2.09. The van der Waals surface area contributed by atoms with Gasteiger partial charge < -0.3 is 10.6 Å². The number of amides is 1. The van der Waals surface area contributed by atoms with Crippen LogP contribution in [0.3, 0.4) is 0 Å². The lowest BCUT2D eigenvalue weighted by Gasteiger charge is -2.29. The van der Waals surface area contributed by atoms with Crippen molar-refractivity contribution in [3.05, 3.63) is 35.9 Å². The van der Waals surface area contributed by atoms with E-state index in [0.717, 1.165) is 32.6 Å². The Morgan fingerprint density at radius 2 is 2.00 bits per heavy atom. The predicted molar refractivity (Wildman–Crippen MR) is 90.3 cm³/mol. The molecule has 1 fully saturated rings. The van der Waals surface area contributed by atoms with E-state index in [1.165, 1.54) is 5.56 Å². The van der Waals surface area contributed by atoms with E-state index in [1.807, 2.05) is 4.90 Å². The molecule has 0 radical (unpaired) electrons. The van der Waals surface area contributed by atoms with Gasteiger partial charge in [0.2, 0.25) is 5.91 Å². The number of nitrogens with two attached hydrogens (primary N) is 1. The molecule has 1 amide bonds. The smallest absolute Gasteiger partial charge is 0.239 e. The summed E-state index contributed by atoms with van der Waals surface area (Å²) in [5.41, 5.74) is 7.06. The van der Waals surface area contributed by atoms with Crippen LogP contribution in [0.4, 0.5) is 0 Å². The van der Waals surface area contributed by atoms with E-state index in [2.05, 4.69) is 49.1 Å². The van der Waals surface area contributed by atoms with Crippen molar-refractivity contribution >= 4 is 5.91 Å². The summed E-state index contributed by atoms with van der Waals surface area (Å²) in [5, 5.41) is 0. The molecule has 2 rings (SSSR count). The Bertz CT molecular complexity index is 472. The fraction of sp³-hybridized carbons (Fsp3) is 0.611. The van der Waals surface area contributed by atoms with E-state index in [0.29, 0.717) is 12.0 Å². The van der Waals surface area contributed by atoms with E-state index >= 15 is 0 Å². The first-order valence-electron chi connectivity index (χ1n) is 8.29. The third-order valence-corrected chi connectivity index (χ3v) is 4.44. The van der Waals surface area contributed by atoms with Crippen molar-refractivity contribution in [1.82, 2.24) is 9.80 Å². The van der Waals surface area contributed by atoms with Crippen LogP contribution in [0.5, 0.6) is 0 Å². The van der Waals surface area contributed by atoms with E-state index in [9.17, 15) is 4.79 Å². The minimum absolute atomic E-state index is 0.0849. The van der Waals surface area contributed by atoms with Gasteiger partial charge >= 0.3 is 0 Å². The van der Waals surface area contributed by atoms with Crippen LogP contribution in [0.15, 0.2) is 30.3 Å². The van der Waals surface area contributed by atoms with Gasteiger partial charge in [0.1, 0.15) is 0 Å². The maximum Gasteiger partial charge on any atom is 0.239 e. The molecule has 2 N–H and O–H groups in total. The first-order chi connectivity index (χ1) is 10.5. The average molecular weight is 303 g/mol. The summed E-state index contributed by atoms with van der Waals surface area (Å²) in [7, 11) is 0. The van der Waals surface area contributed by atoms with Gasteiger partial charge in [-0.05, 0) is 38.7 Å². The highest BCUT2D eigenvalue weighted by Crippen LogP contribution is 2.20. The van der Waals surface area contributed by atoms with Crippen molar-refractivity contribution in [3.63, 3.8) is 0 Å². The summed E-state index contributed by atoms with van der Waals surface area (Å²) < 4.78 is 0. The van der Waals surface area contributed by atoms with Gasteiger partial charge in [-0.1, -0.05) is 30.3 Å². The van der Waals surface area contributed by atoms with Crippen LogP contribution in [-0.4, -0.2) is 47.4 Å². The molecule has 122 valence electrons. The minimum atomic E-state index is -0.385. The highest BCUT2D eigenvalue weighted by Gasteiger charge is 2.29. The number of hydrogen-bond donors (Lipinski definition) is 1. The maximum absolute atomic E-state index is 12.0. The van der Waals surface area contributed by atoms with E-state index in [1.54, 1.807) is 6.92 Å². The lowest BCUT2D eigenvalue weighted by atomic mass is 10.1. The van der Waals surface area contributed by atoms with Crippen LogP contribution in [-0.2, 0) is 11.3 Å². The molecule has 4 heteroatoms. The van der Waals surface area contributed by atoms with Gasteiger partial charge in [0.15, 0.2) is 0 Å². The van der Waals surface area contributed by atoms with Crippen LogP contribution >= 0.6 is 0 Å². The fourth-order valence-electron chi connectivity index (χ4n) is 3.08. The molecule has 1 aliphatic rings. The molecule has 1 aromatic carbocycles. The summed E-state index contributed by atoms with van der Waals surface area (Å²) in [5.74, 6) is 0.635. The quantitative estimate of drug-likeness (QED) is 0.875. The van der Waals surface area contributed by atoms with Crippen molar-refractivity contribution in [2.24, 2.45) is 11.7 Å². The number of hydrogen-bond acceptors (Lipinski definition) is 3. The SMILES string of the molecule is CC(N)C(=O)N1CCC(CN(Cc2ccccc2)C(C)C)C1. The van der Waals surface area contributed by atoms with E-state index in [-0.39, 0.29) is 11.9 Å². The lowest BCUT2D eigenvalue weighted by molar-refractivity contribution is -0.131. The molecule has 1 heterocycles. The second kappa shape index (κ2) is 7.75. The topological polar surface area (TPSA) is 49.6 Å². The van der Waals surface area contributed by atoms with Crippen LogP contribution in [0.2, 0.25) is 0 Å². The standard InChI is InChI=1S/C18H29N3O/c1-14(2)21(11-16-7-5-4-6-8-16)13-17-9-10-20(12-17)18(22)15(3)19/h4-8,14-15,17H,9-13,19H2,1-3H3. The molecular weight excluding hydrogens is 274 g/mol. The highest BCUT2D eigenvalue weighted by atomic mass is 16.2. The molecule has 0 bridgehead atoms. The van der Waals surface area contributed by atoms with Crippen LogP contribution in [0, 0.1) is 5.92 Å². The fourth-order valence-corrected chi connectivity index (χ4v) is 3.08. The molecule has 1 saturated heterocycles. The van der Waals surface area contributed by atoms with E-state index in [4.69, 9.17) is 5.73 Å². The lowest BCUT2D eigenvalue weighted by Crippen LogP contribution is -2.41. The second-order valence-electron chi connectivity index (χ2n) is 6.74. The molecule has 0 aliphatic carbocycles. The summed E-state index contributed by atoms with van der Waals surface area (Å²) >= 11 is 0. The van der Waals surface area contributed by atoms with Crippen LogP contribution in [0.1, 0.15) is 32.8 Å². The zero-order chi connectivity index (χ0) is 16.1. The molecule has 2 atom stereocenters. The molecule has 22 heavy (non-hydrogen) atoms. The second-order valence-corrected chi connectivity index (χ2v) is 6.74. The number of nitrogens with zero attached hydrogens (tertiary/aromatic N) is 2. The Labute approximate surface area is 134 Å². The molecule has 0 spiro atoms. The number of benzene rings is 1. The van der Waals surface area contributed by atoms with Crippen molar-refractivity contribution in [2.45, 2.75) is 45.8 Å². The summed E-state index contributed by atoms with van der Waals surface area (Å²) in [6, 6.07) is 10.7. The normalized spacial score (nSPS) is 19.9.